The summed E-state index contributed by atoms with van der Waals surface area (Å²) in [6.07, 6.45) is 3.89. The van der Waals surface area contributed by atoms with Gasteiger partial charge in [0, 0.05) is 23.8 Å². The second kappa shape index (κ2) is 2.30. The molecule has 0 bridgehead atoms. The van der Waals surface area contributed by atoms with E-state index in [9.17, 15) is 0 Å². The Balaban J connectivity index is 2.75. The number of nitrogen functional groups attached to an aromatic ring is 1. The maximum Gasteiger partial charge on any atom is 0.119 e. The highest BCUT2D eigenvalue weighted by Crippen LogP contribution is 2.24. The summed E-state index contributed by atoms with van der Waals surface area (Å²) in [6, 6.07) is 2.45. The van der Waals surface area contributed by atoms with Crippen LogP contribution in [0.15, 0.2) is 18.5 Å². The van der Waals surface area contributed by atoms with E-state index in [1.807, 2.05) is 18.5 Å². The van der Waals surface area contributed by atoms with Gasteiger partial charge in [-0.1, -0.05) is 0 Å². The number of aromatic nitrogens is 2. The number of anilines is 1. The molecule has 2 heterocycles. The Hall–Kier alpha value is -1.38. The molecule has 3 nitrogen and oxygen atoms in total. The van der Waals surface area contributed by atoms with Crippen LogP contribution in [0.2, 0.25) is 0 Å². The van der Waals surface area contributed by atoms with Gasteiger partial charge < -0.3 is 15.3 Å². The van der Waals surface area contributed by atoms with Crippen LogP contribution in [0, 0.1) is 0 Å². The lowest BCUT2D eigenvalue weighted by Gasteiger charge is -2.06. The van der Waals surface area contributed by atoms with Crippen molar-refractivity contribution in [3.63, 3.8) is 0 Å². The van der Waals surface area contributed by atoms with Crippen molar-refractivity contribution in [1.82, 2.24) is 9.55 Å². The molecule has 0 saturated carbocycles. The molecule has 3 heteroatoms. The number of aromatic amines is 1. The van der Waals surface area contributed by atoms with Gasteiger partial charge in [0.1, 0.15) is 5.65 Å². The van der Waals surface area contributed by atoms with Crippen LogP contribution in [0.4, 0.5) is 5.69 Å². The molecule has 2 aromatic rings. The summed E-state index contributed by atoms with van der Waals surface area (Å²) < 4.78 is 2.14. The Bertz CT molecular complexity index is 395. The van der Waals surface area contributed by atoms with E-state index < -0.39 is 0 Å². The maximum atomic E-state index is 5.82. The van der Waals surface area contributed by atoms with Crippen molar-refractivity contribution < 1.29 is 0 Å². The van der Waals surface area contributed by atoms with Gasteiger partial charge in [-0.25, -0.2) is 0 Å². The molecule has 0 spiro atoms. The summed E-state index contributed by atoms with van der Waals surface area (Å²) in [7, 11) is 0. The highest BCUT2D eigenvalue weighted by molar-refractivity contribution is 5.89. The lowest BCUT2D eigenvalue weighted by Crippen LogP contribution is -1.98. The molecule has 0 amide bonds. The Kier molecular flexibility index (Phi) is 1.40. The number of rotatable bonds is 1. The Morgan fingerprint density at radius 2 is 2.25 bits per heavy atom. The molecule has 64 valence electrons. The minimum absolute atomic E-state index is 0.448. The third-order valence-corrected chi connectivity index (χ3v) is 2.13. The second-order valence-corrected chi connectivity index (χ2v) is 3.33. The van der Waals surface area contributed by atoms with Crippen LogP contribution < -0.4 is 5.73 Å². The van der Waals surface area contributed by atoms with E-state index in [0.717, 1.165) is 16.7 Å². The molecule has 0 aliphatic rings. The maximum absolute atomic E-state index is 5.82. The zero-order valence-electron chi connectivity index (χ0n) is 7.33. The number of nitrogens with two attached hydrogens (primary N) is 1. The molecule has 2 rings (SSSR count). The van der Waals surface area contributed by atoms with E-state index in [1.165, 1.54) is 0 Å². The molecule has 12 heavy (non-hydrogen) atoms. The van der Waals surface area contributed by atoms with Gasteiger partial charge in [0.2, 0.25) is 0 Å². The van der Waals surface area contributed by atoms with Gasteiger partial charge in [0.25, 0.3) is 0 Å². The van der Waals surface area contributed by atoms with Crippen LogP contribution in [0.5, 0.6) is 0 Å². The summed E-state index contributed by atoms with van der Waals surface area (Å²) >= 11 is 0. The van der Waals surface area contributed by atoms with Crippen LogP contribution in [-0.2, 0) is 0 Å². The van der Waals surface area contributed by atoms with Crippen molar-refractivity contribution in [3.8, 4) is 0 Å². The smallest absolute Gasteiger partial charge is 0.119 e. The van der Waals surface area contributed by atoms with E-state index in [0.29, 0.717) is 6.04 Å². The quantitative estimate of drug-likeness (QED) is 0.664. The van der Waals surface area contributed by atoms with Crippen molar-refractivity contribution in [2.24, 2.45) is 0 Å². The fourth-order valence-electron chi connectivity index (χ4n) is 1.50. The van der Waals surface area contributed by atoms with E-state index in [-0.39, 0.29) is 0 Å². The van der Waals surface area contributed by atoms with Gasteiger partial charge >= 0.3 is 0 Å². The fourth-order valence-corrected chi connectivity index (χ4v) is 1.50. The van der Waals surface area contributed by atoms with Crippen molar-refractivity contribution in [2.45, 2.75) is 19.9 Å². The van der Waals surface area contributed by atoms with Crippen molar-refractivity contribution in [1.29, 1.82) is 0 Å². The lowest BCUT2D eigenvalue weighted by atomic mass is 10.4. The number of nitrogens with zero attached hydrogens (tertiary/aromatic N) is 1. The first-order valence-corrected chi connectivity index (χ1v) is 4.13. The number of nitrogens with one attached hydrogen (secondary N) is 1. The molecule has 2 aromatic heterocycles. The van der Waals surface area contributed by atoms with Gasteiger partial charge in [-0.2, -0.15) is 0 Å². The first kappa shape index (κ1) is 7.28. The average Bonchev–Trinajstić information content (AvgIpc) is 2.53. The van der Waals surface area contributed by atoms with Gasteiger partial charge in [-0.3, -0.25) is 0 Å². The van der Waals surface area contributed by atoms with Crippen LogP contribution in [0.3, 0.4) is 0 Å². The number of hydrogen-bond acceptors (Lipinski definition) is 1. The predicted molar refractivity (Wildman–Crippen MR) is 51.1 cm³/mol. The normalized spacial score (nSPS) is 11.6. The summed E-state index contributed by atoms with van der Waals surface area (Å²) in [6.45, 7) is 4.28. The zero-order chi connectivity index (χ0) is 8.72. The average molecular weight is 163 g/mol. The van der Waals surface area contributed by atoms with Crippen molar-refractivity contribution in [2.75, 3.05) is 5.73 Å². The number of H-pyrrole nitrogens is 1. The molecular formula is C9H13N3. The van der Waals surface area contributed by atoms with Gasteiger partial charge in [-0.15, -0.1) is 0 Å². The SMILES string of the molecule is CC(C)n1cc(N)c2cc[nH]c21. The molecule has 0 fully saturated rings. The number of fused-ring (bicyclic) bond motifs is 1. The number of hydrogen-bond donors (Lipinski definition) is 2. The minimum Gasteiger partial charge on any atom is -0.397 e. The van der Waals surface area contributed by atoms with Gasteiger partial charge in [0.05, 0.1) is 5.69 Å². The highest BCUT2D eigenvalue weighted by atomic mass is 15.1. The van der Waals surface area contributed by atoms with Gasteiger partial charge in [0.15, 0.2) is 0 Å². The van der Waals surface area contributed by atoms with E-state index in [1.54, 1.807) is 0 Å². The molecule has 0 atom stereocenters. The van der Waals surface area contributed by atoms with Crippen molar-refractivity contribution >= 4 is 16.7 Å². The molecule has 0 unspecified atom stereocenters. The first-order valence-electron chi connectivity index (χ1n) is 4.13. The third kappa shape index (κ3) is 0.826. The zero-order valence-corrected chi connectivity index (χ0v) is 7.33. The van der Waals surface area contributed by atoms with E-state index >= 15 is 0 Å². The first-order chi connectivity index (χ1) is 5.70. The largest absolute Gasteiger partial charge is 0.397 e. The highest BCUT2D eigenvalue weighted by Gasteiger charge is 2.07. The van der Waals surface area contributed by atoms with Crippen LogP contribution in [0.25, 0.3) is 11.0 Å². The second-order valence-electron chi connectivity index (χ2n) is 3.33. The molecule has 3 N–H and O–H groups in total. The molecule has 0 aliphatic carbocycles. The molecule has 0 aromatic carbocycles. The Morgan fingerprint density at radius 1 is 1.50 bits per heavy atom. The summed E-state index contributed by atoms with van der Waals surface area (Å²) in [5.74, 6) is 0. The van der Waals surface area contributed by atoms with Crippen LogP contribution in [0.1, 0.15) is 19.9 Å². The lowest BCUT2D eigenvalue weighted by molar-refractivity contribution is 0.619. The Morgan fingerprint density at radius 3 is 2.92 bits per heavy atom. The predicted octanol–water partition coefficient (Wildman–Crippen LogP) is 2.13. The summed E-state index contributed by atoms with van der Waals surface area (Å²) in [5, 5.41) is 1.11. The fraction of sp³-hybridized carbons (Fsp3) is 0.333. The van der Waals surface area contributed by atoms with Crippen LogP contribution in [-0.4, -0.2) is 9.55 Å². The summed E-state index contributed by atoms with van der Waals surface area (Å²) in [5.41, 5.74) is 7.78. The van der Waals surface area contributed by atoms with Crippen LogP contribution >= 0.6 is 0 Å². The minimum atomic E-state index is 0.448. The third-order valence-electron chi connectivity index (χ3n) is 2.13. The van der Waals surface area contributed by atoms with E-state index in [4.69, 9.17) is 5.73 Å². The molecule has 0 aliphatic heterocycles. The Labute approximate surface area is 71.2 Å². The molecule has 0 saturated heterocycles. The standard InChI is InChI=1S/C9H13N3/c1-6(2)12-5-8(10)7-3-4-11-9(7)12/h3-6,11H,10H2,1-2H3. The molecular weight excluding hydrogens is 150 g/mol. The molecule has 0 radical (unpaired) electrons. The van der Waals surface area contributed by atoms with E-state index in [2.05, 4.69) is 23.4 Å². The van der Waals surface area contributed by atoms with Crippen molar-refractivity contribution in [3.05, 3.63) is 18.5 Å². The summed E-state index contributed by atoms with van der Waals surface area (Å²) in [4.78, 5) is 3.17. The topological polar surface area (TPSA) is 46.7 Å². The van der Waals surface area contributed by atoms with Gasteiger partial charge in [-0.05, 0) is 19.9 Å². The monoisotopic (exact) mass is 163 g/mol.